The van der Waals surface area contributed by atoms with Crippen LogP contribution < -0.4 is 5.32 Å². The van der Waals surface area contributed by atoms with Crippen LogP contribution in [0.4, 0.5) is 5.69 Å². The van der Waals surface area contributed by atoms with Gasteiger partial charge in [-0.25, -0.2) is 9.67 Å². The fourth-order valence-corrected chi connectivity index (χ4v) is 2.92. The number of amides is 1. The summed E-state index contributed by atoms with van der Waals surface area (Å²) in [5.41, 5.74) is 2.82. The lowest BCUT2D eigenvalue weighted by atomic mass is 10.1. The summed E-state index contributed by atoms with van der Waals surface area (Å²) >= 11 is 0. The first-order valence-corrected chi connectivity index (χ1v) is 8.94. The first-order chi connectivity index (χ1) is 13.8. The third kappa shape index (κ3) is 3.25. The Morgan fingerprint density at radius 1 is 1.14 bits per heavy atom. The van der Waals surface area contributed by atoms with Gasteiger partial charge >= 0.3 is 0 Å². The predicted molar refractivity (Wildman–Crippen MR) is 101 cm³/mol. The normalized spacial score (nSPS) is 13.4. The number of hydrogen-bond acceptors (Lipinski definition) is 6. The standard InChI is InChI=1S/C19H16N8O/c28-19(14-2-1-3-16(10-14)27-11-20-25-26-27)21-15-8-6-13(7-9-15)18-22-17(23-24-18)12-4-5-12/h1-3,6-12H,4-5H2,(H,21,28)(H,22,23,24). The van der Waals surface area contributed by atoms with E-state index in [-0.39, 0.29) is 5.91 Å². The number of aromatic amines is 1. The molecule has 1 fully saturated rings. The van der Waals surface area contributed by atoms with Crippen molar-refractivity contribution in [1.29, 1.82) is 0 Å². The summed E-state index contributed by atoms with van der Waals surface area (Å²) in [5.74, 6) is 1.95. The second kappa shape index (κ2) is 6.69. The Hall–Kier alpha value is -3.88. The van der Waals surface area contributed by atoms with Crippen LogP contribution in [0, 0.1) is 0 Å². The number of nitrogens with one attached hydrogen (secondary N) is 2. The molecule has 9 nitrogen and oxygen atoms in total. The monoisotopic (exact) mass is 372 g/mol. The van der Waals surface area contributed by atoms with Crippen LogP contribution in [-0.4, -0.2) is 41.3 Å². The number of aromatic nitrogens is 7. The predicted octanol–water partition coefficient (Wildman–Crippen LogP) is 2.58. The molecule has 4 aromatic rings. The van der Waals surface area contributed by atoms with Gasteiger partial charge < -0.3 is 5.32 Å². The Kier molecular flexibility index (Phi) is 3.90. The Morgan fingerprint density at radius 2 is 2.00 bits per heavy atom. The van der Waals surface area contributed by atoms with E-state index in [0.29, 0.717) is 28.7 Å². The molecule has 2 N–H and O–H groups in total. The van der Waals surface area contributed by atoms with Crippen molar-refractivity contribution >= 4 is 11.6 Å². The molecule has 1 aliphatic carbocycles. The molecular weight excluding hydrogens is 356 g/mol. The lowest BCUT2D eigenvalue weighted by molar-refractivity contribution is 0.102. The largest absolute Gasteiger partial charge is 0.322 e. The molecule has 9 heteroatoms. The van der Waals surface area contributed by atoms with Crippen molar-refractivity contribution in [3.63, 3.8) is 0 Å². The molecule has 2 aromatic carbocycles. The highest BCUT2D eigenvalue weighted by Gasteiger charge is 2.27. The average molecular weight is 372 g/mol. The zero-order valence-electron chi connectivity index (χ0n) is 14.8. The lowest BCUT2D eigenvalue weighted by Crippen LogP contribution is -2.12. The third-order valence-electron chi connectivity index (χ3n) is 4.59. The van der Waals surface area contributed by atoms with E-state index in [1.54, 1.807) is 18.2 Å². The van der Waals surface area contributed by atoms with Gasteiger partial charge in [0.15, 0.2) is 5.82 Å². The number of anilines is 1. The van der Waals surface area contributed by atoms with Gasteiger partial charge in [-0.3, -0.25) is 9.89 Å². The Labute approximate surface area is 159 Å². The molecular formula is C19H16N8O. The van der Waals surface area contributed by atoms with Crippen molar-refractivity contribution in [1.82, 2.24) is 35.4 Å². The number of carbonyl (C=O) groups excluding carboxylic acids is 1. The van der Waals surface area contributed by atoms with Crippen molar-refractivity contribution in [2.24, 2.45) is 0 Å². The smallest absolute Gasteiger partial charge is 0.255 e. The molecule has 2 heterocycles. The quantitative estimate of drug-likeness (QED) is 0.556. The van der Waals surface area contributed by atoms with Gasteiger partial charge in [-0.15, -0.1) is 5.10 Å². The molecule has 2 aromatic heterocycles. The van der Waals surface area contributed by atoms with E-state index in [9.17, 15) is 4.79 Å². The maximum Gasteiger partial charge on any atom is 0.255 e. The Balaban J connectivity index is 1.30. The van der Waals surface area contributed by atoms with Crippen molar-refractivity contribution in [2.45, 2.75) is 18.8 Å². The van der Waals surface area contributed by atoms with Gasteiger partial charge in [-0.2, -0.15) is 5.10 Å². The summed E-state index contributed by atoms with van der Waals surface area (Å²) in [4.78, 5) is 17.1. The fourth-order valence-electron chi connectivity index (χ4n) is 2.92. The van der Waals surface area contributed by atoms with Crippen molar-refractivity contribution in [3.05, 3.63) is 66.2 Å². The van der Waals surface area contributed by atoms with Crippen molar-refractivity contribution in [2.75, 3.05) is 5.32 Å². The zero-order valence-corrected chi connectivity index (χ0v) is 14.8. The number of carbonyl (C=O) groups is 1. The van der Waals surface area contributed by atoms with Gasteiger partial charge in [0.1, 0.15) is 12.2 Å². The molecule has 0 spiro atoms. The molecule has 1 aliphatic rings. The Bertz CT molecular complexity index is 1110. The number of hydrogen-bond donors (Lipinski definition) is 2. The first kappa shape index (κ1) is 16.3. The highest BCUT2D eigenvalue weighted by Crippen LogP contribution is 2.38. The van der Waals surface area contributed by atoms with E-state index in [1.165, 1.54) is 23.9 Å². The molecule has 0 atom stereocenters. The SMILES string of the molecule is O=C(Nc1ccc(-c2n[nH]c(C3CC3)n2)cc1)c1cccc(-n2cnnn2)c1. The van der Waals surface area contributed by atoms with Crippen LogP contribution in [0.25, 0.3) is 17.1 Å². The first-order valence-electron chi connectivity index (χ1n) is 8.94. The second-order valence-electron chi connectivity index (χ2n) is 6.65. The molecule has 0 radical (unpaired) electrons. The number of H-pyrrole nitrogens is 1. The third-order valence-corrected chi connectivity index (χ3v) is 4.59. The van der Waals surface area contributed by atoms with Crippen LogP contribution in [0.3, 0.4) is 0 Å². The highest BCUT2D eigenvalue weighted by molar-refractivity contribution is 6.04. The number of rotatable bonds is 5. The number of benzene rings is 2. The molecule has 5 rings (SSSR count). The maximum absolute atomic E-state index is 12.6. The van der Waals surface area contributed by atoms with E-state index in [1.807, 2.05) is 30.3 Å². The summed E-state index contributed by atoms with van der Waals surface area (Å²) < 4.78 is 1.50. The van der Waals surface area contributed by atoms with E-state index >= 15 is 0 Å². The molecule has 0 saturated heterocycles. The zero-order chi connectivity index (χ0) is 18.9. The van der Waals surface area contributed by atoms with Crippen LogP contribution in [0.1, 0.15) is 34.9 Å². The van der Waals surface area contributed by atoms with Gasteiger partial charge in [0.05, 0.1) is 5.69 Å². The van der Waals surface area contributed by atoms with E-state index in [0.717, 1.165) is 11.4 Å². The van der Waals surface area contributed by atoms with Crippen LogP contribution in [-0.2, 0) is 0 Å². The van der Waals surface area contributed by atoms with E-state index < -0.39 is 0 Å². The van der Waals surface area contributed by atoms with Gasteiger partial charge in [0, 0.05) is 22.7 Å². The van der Waals surface area contributed by atoms with E-state index in [2.05, 4.69) is 36.0 Å². The Morgan fingerprint density at radius 3 is 2.75 bits per heavy atom. The summed E-state index contributed by atoms with van der Waals surface area (Å²) in [6.07, 6.45) is 3.83. The molecule has 1 saturated carbocycles. The second-order valence-corrected chi connectivity index (χ2v) is 6.65. The summed E-state index contributed by atoms with van der Waals surface area (Å²) in [6.45, 7) is 0. The lowest BCUT2D eigenvalue weighted by Gasteiger charge is -2.07. The summed E-state index contributed by atoms with van der Waals surface area (Å²) in [7, 11) is 0. The van der Waals surface area contributed by atoms with Crippen LogP contribution in [0.5, 0.6) is 0 Å². The average Bonchev–Trinajstić information content (AvgIpc) is 3.22. The van der Waals surface area contributed by atoms with Gasteiger partial charge in [0.25, 0.3) is 5.91 Å². The number of tetrazole rings is 1. The molecule has 138 valence electrons. The minimum atomic E-state index is -0.211. The van der Waals surface area contributed by atoms with Crippen LogP contribution >= 0.6 is 0 Å². The molecule has 0 unspecified atom stereocenters. The van der Waals surface area contributed by atoms with Crippen molar-refractivity contribution in [3.8, 4) is 17.1 Å². The fraction of sp³-hybridized carbons (Fsp3) is 0.158. The highest BCUT2D eigenvalue weighted by atomic mass is 16.1. The van der Waals surface area contributed by atoms with Crippen LogP contribution in [0.15, 0.2) is 54.9 Å². The summed E-state index contributed by atoms with van der Waals surface area (Å²) in [6, 6.07) is 14.6. The summed E-state index contributed by atoms with van der Waals surface area (Å²) in [5, 5.41) is 21.2. The topological polar surface area (TPSA) is 114 Å². The number of nitrogens with zero attached hydrogens (tertiary/aromatic N) is 6. The molecule has 0 bridgehead atoms. The van der Waals surface area contributed by atoms with E-state index in [4.69, 9.17) is 0 Å². The van der Waals surface area contributed by atoms with Gasteiger partial charge in [-0.1, -0.05) is 6.07 Å². The molecule has 28 heavy (non-hydrogen) atoms. The maximum atomic E-state index is 12.6. The minimum absolute atomic E-state index is 0.211. The molecule has 1 amide bonds. The van der Waals surface area contributed by atoms with Crippen LogP contribution in [0.2, 0.25) is 0 Å². The van der Waals surface area contributed by atoms with Crippen molar-refractivity contribution < 1.29 is 4.79 Å². The minimum Gasteiger partial charge on any atom is -0.322 e. The molecule has 0 aliphatic heterocycles. The van der Waals surface area contributed by atoms with Gasteiger partial charge in [0.2, 0.25) is 0 Å². The van der Waals surface area contributed by atoms with Gasteiger partial charge in [-0.05, 0) is 65.7 Å².